The van der Waals surface area contributed by atoms with Crippen LogP contribution in [0.2, 0.25) is 0 Å². The van der Waals surface area contributed by atoms with Crippen LogP contribution in [0.5, 0.6) is 11.5 Å². The molecule has 3 heterocycles. The molecule has 58 heavy (non-hydrogen) atoms. The van der Waals surface area contributed by atoms with Gasteiger partial charge < -0.3 is 14.7 Å². The van der Waals surface area contributed by atoms with E-state index in [1.807, 2.05) is 59.5 Å². The van der Waals surface area contributed by atoms with Crippen LogP contribution in [-0.4, -0.2) is 102 Å². The van der Waals surface area contributed by atoms with Gasteiger partial charge in [-0.15, -0.1) is 0 Å². The number of allylic oxidation sites excluding steroid dienone is 1. The lowest BCUT2D eigenvalue weighted by Gasteiger charge is -2.37. The summed E-state index contributed by atoms with van der Waals surface area (Å²) in [7, 11) is 0. The molecule has 4 unspecified atom stereocenters. The van der Waals surface area contributed by atoms with Crippen molar-refractivity contribution < 1.29 is 42.2 Å². The van der Waals surface area contributed by atoms with Gasteiger partial charge in [-0.25, -0.2) is 13.2 Å². The van der Waals surface area contributed by atoms with Crippen LogP contribution < -0.4 is 15.0 Å². The first kappa shape index (κ1) is 40.3. The fraction of sp³-hybridized carbons (Fsp3) is 0.333. The van der Waals surface area contributed by atoms with Gasteiger partial charge in [-0.3, -0.25) is 34.3 Å². The molecule has 0 aromatic heterocycles. The van der Waals surface area contributed by atoms with Crippen LogP contribution in [0.4, 0.5) is 18.9 Å². The minimum Gasteiger partial charge on any atom is -0.508 e. The molecule has 2 N–H and O–H groups in total. The van der Waals surface area contributed by atoms with Crippen LogP contribution in [0.1, 0.15) is 70.0 Å². The van der Waals surface area contributed by atoms with Gasteiger partial charge in [0.05, 0.1) is 11.1 Å². The summed E-state index contributed by atoms with van der Waals surface area (Å²) in [6, 6.07) is 27.9. The maximum absolute atomic E-state index is 15.3. The van der Waals surface area contributed by atoms with E-state index in [0.717, 1.165) is 39.2 Å². The van der Waals surface area contributed by atoms with Crippen LogP contribution in [0.15, 0.2) is 97.1 Å². The topological polar surface area (TPSA) is 119 Å². The van der Waals surface area contributed by atoms with Crippen molar-refractivity contribution in [2.24, 2.45) is 0 Å². The molecule has 0 spiro atoms. The smallest absolute Gasteiger partial charge is 0.262 e. The molecule has 0 saturated carbocycles. The number of carbonyl (C=O) groups excluding carboxylic acids is 4. The third kappa shape index (κ3) is 8.64. The zero-order valence-electron chi connectivity index (χ0n) is 32.1. The molecule has 0 radical (unpaired) electrons. The fourth-order valence-electron chi connectivity index (χ4n) is 7.95. The monoisotopic (exact) mass is 794 g/mol. The number of ether oxygens (including phenoxy) is 1. The van der Waals surface area contributed by atoms with Gasteiger partial charge in [0.2, 0.25) is 11.8 Å². The van der Waals surface area contributed by atoms with Crippen molar-refractivity contribution in [2.75, 3.05) is 44.3 Å². The quantitative estimate of drug-likeness (QED) is 0.106. The Hall–Kier alpha value is -5.95. The predicted molar refractivity (Wildman–Crippen MR) is 214 cm³/mol. The summed E-state index contributed by atoms with van der Waals surface area (Å²) in [6.07, 6.45) is -4.68. The van der Waals surface area contributed by atoms with Crippen molar-refractivity contribution in [2.45, 2.75) is 57.1 Å². The Balaban J connectivity index is 0.933. The molecule has 2 saturated heterocycles. The number of hydrogen-bond acceptors (Lipinski definition) is 8. The lowest BCUT2D eigenvalue weighted by Crippen LogP contribution is -2.54. The first-order valence-corrected chi connectivity index (χ1v) is 19.6. The van der Waals surface area contributed by atoms with Gasteiger partial charge in [0, 0.05) is 51.3 Å². The van der Waals surface area contributed by atoms with E-state index in [1.165, 1.54) is 0 Å². The largest absolute Gasteiger partial charge is 0.508 e. The Morgan fingerprint density at radius 1 is 0.810 bits per heavy atom. The molecule has 4 atom stereocenters. The van der Waals surface area contributed by atoms with E-state index in [4.69, 9.17) is 4.74 Å². The number of aromatic hydroxyl groups is 1. The number of halogens is 3. The molecular formula is C45H45F3N4O6. The number of alkyl halides is 3. The Bertz CT molecular complexity index is 2170. The zero-order valence-corrected chi connectivity index (χ0v) is 32.1. The average Bonchev–Trinajstić information content (AvgIpc) is 3.48. The number of anilines is 1. The van der Waals surface area contributed by atoms with E-state index in [2.05, 4.69) is 12.2 Å². The number of piperidine rings is 1. The standard InChI is InChI=1S/C45H45F3N4O6/c1-2-35(28-6-4-3-5-7-28)42(29-8-13-32(53)14-9-29)30-10-15-33(16-11-30)58-34(26-46)25-38(47)39(48)27-50-20-22-51(23-21-50)31-12-17-36-37(24-31)45(57)52(44(36)56)40-18-19-41(54)49-43(40)55/h3-17,24,34,38-40,53H,2,18-23,25-27H2,1H3,(H,49,54,55). The Morgan fingerprint density at radius 2 is 1.47 bits per heavy atom. The summed E-state index contributed by atoms with van der Waals surface area (Å²) in [5, 5.41) is 12.1. The summed E-state index contributed by atoms with van der Waals surface area (Å²) >= 11 is 0. The second kappa shape index (κ2) is 17.7. The molecule has 4 aromatic carbocycles. The Labute approximate surface area is 334 Å². The van der Waals surface area contributed by atoms with E-state index in [-0.39, 0.29) is 36.3 Å². The van der Waals surface area contributed by atoms with Crippen molar-refractivity contribution in [1.29, 1.82) is 0 Å². The van der Waals surface area contributed by atoms with E-state index >= 15 is 8.78 Å². The highest BCUT2D eigenvalue weighted by Gasteiger charge is 2.45. The normalized spacial score (nSPS) is 19.3. The van der Waals surface area contributed by atoms with Crippen LogP contribution in [0.3, 0.4) is 0 Å². The molecule has 4 amide bonds. The van der Waals surface area contributed by atoms with Gasteiger partial charge in [-0.1, -0.05) is 61.5 Å². The van der Waals surface area contributed by atoms with E-state index in [0.29, 0.717) is 37.6 Å². The first-order chi connectivity index (χ1) is 28.0. The van der Waals surface area contributed by atoms with Crippen molar-refractivity contribution in [1.82, 2.24) is 15.1 Å². The molecule has 13 heteroatoms. The number of phenols is 1. The number of benzene rings is 4. The van der Waals surface area contributed by atoms with Gasteiger partial charge >= 0.3 is 0 Å². The number of hydrogen-bond donors (Lipinski definition) is 2. The third-order valence-corrected chi connectivity index (χ3v) is 11.0. The number of nitrogens with one attached hydrogen (secondary N) is 1. The lowest BCUT2D eigenvalue weighted by atomic mass is 9.88. The zero-order chi connectivity index (χ0) is 40.9. The van der Waals surface area contributed by atoms with Crippen molar-refractivity contribution in [3.8, 4) is 11.5 Å². The molecule has 3 aliphatic rings. The lowest BCUT2D eigenvalue weighted by molar-refractivity contribution is -0.136. The highest BCUT2D eigenvalue weighted by Crippen LogP contribution is 2.36. The number of phenolic OH excluding ortho intramolecular Hbond substituents is 1. The van der Waals surface area contributed by atoms with Gasteiger partial charge in [0.1, 0.15) is 42.7 Å². The van der Waals surface area contributed by atoms with Crippen molar-refractivity contribution in [3.63, 3.8) is 0 Å². The highest BCUT2D eigenvalue weighted by atomic mass is 19.2. The second-order valence-electron chi connectivity index (χ2n) is 14.8. The Kier molecular flexibility index (Phi) is 12.3. The molecular weight excluding hydrogens is 750 g/mol. The van der Waals surface area contributed by atoms with Gasteiger partial charge in [-0.05, 0) is 83.1 Å². The molecule has 302 valence electrons. The van der Waals surface area contributed by atoms with Gasteiger partial charge in [0.25, 0.3) is 11.8 Å². The fourth-order valence-corrected chi connectivity index (χ4v) is 7.95. The van der Waals surface area contributed by atoms with E-state index in [9.17, 15) is 28.7 Å². The number of piperazine rings is 1. The van der Waals surface area contributed by atoms with Crippen LogP contribution in [0, 0.1) is 0 Å². The van der Waals surface area contributed by atoms with Crippen LogP contribution >= 0.6 is 0 Å². The number of imide groups is 2. The SMILES string of the molecule is CCC(=C(c1ccc(O)cc1)c1ccc(OC(CF)CC(F)C(F)CN2CCN(c3ccc4c(c3)C(=O)N(C3CCC(=O)NC3=O)C4=O)CC2)cc1)c1ccccc1. The van der Waals surface area contributed by atoms with Gasteiger partial charge in [0.15, 0.2) is 0 Å². The van der Waals surface area contributed by atoms with Crippen LogP contribution in [0.25, 0.3) is 11.1 Å². The first-order valence-electron chi connectivity index (χ1n) is 19.6. The van der Waals surface area contributed by atoms with E-state index < -0.39 is 61.2 Å². The maximum atomic E-state index is 15.3. The van der Waals surface area contributed by atoms with E-state index in [1.54, 1.807) is 47.4 Å². The number of fused-ring (bicyclic) bond motifs is 1. The molecule has 2 fully saturated rings. The molecule has 10 nitrogen and oxygen atoms in total. The minimum atomic E-state index is -1.97. The molecule has 4 aromatic rings. The maximum Gasteiger partial charge on any atom is 0.262 e. The van der Waals surface area contributed by atoms with Crippen LogP contribution in [-0.2, 0) is 9.59 Å². The highest BCUT2D eigenvalue weighted by molar-refractivity contribution is 6.23. The molecule has 7 rings (SSSR count). The average molecular weight is 795 g/mol. The number of nitrogens with zero attached hydrogens (tertiary/aromatic N) is 3. The summed E-state index contributed by atoms with van der Waals surface area (Å²) < 4.78 is 50.7. The predicted octanol–water partition coefficient (Wildman–Crippen LogP) is 6.77. The second-order valence-corrected chi connectivity index (χ2v) is 14.8. The Morgan fingerprint density at radius 3 is 2.10 bits per heavy atom. The summed E-state index contributed by atoms with van der Waals surface area (Å²) in [4.78, 5) is 55.0. The van der Waals surface area contributed by atoms with Crippen molar-refractivity contribution >= 4 is 40.5 Å². The number of carbonyl (C=O) groups is 4. The van der Waals surface area contributed by atoms with Gasteiger partial charge in [-0.2, -0.15) is 0 Å². The number of amides is 4. The molecule has 0 aliphatic carbocycles. The third-order valence-electron chi connectivity index (χ3n) is 11.0. The summed E-state index contributed by atoms with van der Waals surface area (Å²) in [5.41, 5.74) is 5.92. The number of rotatable bonds is 14. The summed E-state index contributed by atoms with van der Waals surface area (Å²) in [5.74, 6) is -1.83. The minimum absolute atomic E-state index is 0.0280. The molecule has 0 bridgehead atoms. The summed E-state index contributed by atoms with van der Waals surface area (Å²) in [6.45, 7) is 2.59. The molecule has 3 aliphatic heterocycles. The van der Waals surface area contributed by atoms with Crippen molar-refractivity contribution in [3.05, 3.63) is 125 Å².